The Labute approximate surface area is 130 Å². The first-order valence-corrected chi connectivity index (χ1v) is 7.13. The topological polar surface area (TPSA) is 52.6 Å². The van der Waals surface area contributed by atoms with Crippen LogP contribution in [0.2, 0.25) is 0 Å². The van der Waals surface area contributed by atoms with Gasteiger partial charge in [0.05, 0.1) is 14.2 Å². The van der Waals surface area contributed by atoms with E-state index in [1.165, 1.54) is 14.2 Å². The summed E-state index contributed by atoms with van der Waals surface area (Å²) in [6.07, 6.45) is 4.36. The molecule has 0 bridgehead atoms. The molecule has 0 aliphatic heterocycles. The van der Waals surface area contributed by atoms with Crippen LogP contribution in [0.5, 0.6) is 0 Å². The zero-order valence-electron chi connectivity index (χ0n) is 12.9. The fourth-order valence-electron chi connectivity index (χ4n) is 2.96. The van der Waals surface area contributed by atoms with Crippen LogP contribution in [0.1, 0.15) is 18.4 Å². The van der Waals surface area contributed by atoms with Gasteiger partial charge in [0.2, 0.25) is 0 Å². The Kier molecular flexibility index (Phi) is 4.81. The van der Waals surface area contributed by atoms with E-state index in [2.05, 4.69) is 6.58 Å². The van der Waals surface area contributed by atoms with Crippen molar-refractivity contribution >= 4 is 17.5 Å². The van der Waals surface area contributed by atoms with E-state index in [0.717, 1.165) is 11.1 Å². The van der Waals surface area contributed by atoms with Crippen molar-refractivity contribution in [1.82, 2.24) is 0 Å². The quantitative estimate of drug-likeness (QED) is 0.487. The number of hydrogen-bond acceptors (Lipinski definition) is 4. The van der Waals surface area contributed by atoms with Crippen molar-refractivity contribution in [3.63, 3.8) is 0 Å². The largest absolute Gasteiger partial charge is 0.468 e. The number of ether oxygens (including phenoxy) is 2. The van der Waals surface area contributed by atoms with Gasteiger partial charge in [0.1, 0.15) is 0 Å². The lowest BCUT2D eigenvalue weighted by molar-refractivity contribution is -0.170. The first-order chi connectivity index (χ1) is 10.6. The molecule has 0 radical (unpaired) electrons. The van der Waals surface area contributed by atoms with Gasteiger partial charge in [-0.3, -0.25) is 9.59 Å². The van der Waals surface area contributed by atoms with Crippen LogP contribution in [0.25, 0.3) is 5.57 Å². The summed E-state index contributed by atoms with van der Waals surface area (Å²) in [4.78, 5) is 24.7. The summed E-state index contributed by atoms with van der Waals surface area (Å²) >= 11 is 0. The molecule has 1 aliphatic carbocycles. The van der Waals surface area contributed by atoms with Gasteiger partial charge in [0, 0.05) is 0 Å². The molecule has 4 nitrogen and oxygen atoms in total. The summed E-state index contributed by atoms with van der Waals surface area (Å²) in [5.74, 6) is -1.22. The summed E-state index contributed by atoms with van der Waals surface area (Å²) in [6.45, 7) is 3.80. The van der Waals surface area contributed by atoms with Crippen LogP contribution in [0.15, 0.2) is 49.1 Å². The van der Waals surface area contributed by atoms with Crippen molar-refractivity contribution in [2.24, 2.45) is 11.3 Å². The van der Waals surface area contributed by atoms with Crippen LogP contribution in [0, 0.1) is 11.3 Å². The number of carbonyl (C=O) groups excluding carboxylic acids is 2. The minimum atomic E-state index is -1.32. The maximum Gasteiger partial charge on any atom is 0.323 e. The number of carbonyl (C=O) groups is 2. The lowest BCUT2D eigenvalue weighted by Crippen LogP contribution is -2.44. The third kappa shape index (κ3) is 2.82. The fraction of sp³-hybridized carbons (Fsp3) is 0.333. The maximum absolute atomic E-state index is 12.3. The molecule has 0 amide bonds. The lowest BCUT2D eigenvalue weighted by atomic mass is 9.69. The highest BCUT2D eigenvalue weighted by Crippen LogP contribution is 2.44. The van der Waals surface area contributed by atoms with E-state index in [0.29, 0.717) is 6.42 Å². The van der Waals surface area contributed by atoms with Gasteiger partial charge in [-0.2, -0.15) is 0 Å². The molecule has 0 heterocycles. The van der Waals surface area contributed by atoms with E-state index in [1.54, 1.807) is 6.08 Å². The van der Waals surface area contributed by atoms with Crippen molar-refractivity contribution in [3.05, 3.63) is 54.6 Å². The molecule has 0 aromatic heterocycles. The summed E-state index contributed by atoms with van der Waals surface area (Å²) in [5.41, 5.74) is 0.584. The summed E-state index contributed by atoms with van der Waals surface area (Å²) in [5, 5.41) is 0. The molecule has 1 aromatic rings. The highest BCUT2D eigenvalue weighted by atomic mass is 16.5. The molecule has 1 aliphatic rings. The normalized spacial score (nSPS) is 19.7. The van der Waals surface area contributed by atoms with Crippen LogP contribution in [0.3, 0.4) is 0 Å². The average Bonchev–Trinajstić information content (AvgIpc) is 2.60. The number of esters is 2. The Balaban J connectivity index is 2.50. The third-order valence-electron chi connectivity index (χ3n) is 4.09. The van der Waals surface area contributed by atoms with Crippen molar-refractivity contribution in [2.45, 2.75) is 12.8 Å². The number of allylic oxidation sites excluding steroid dienone is 3. The molecule has 0 saturated heterocycles. The van der Waals surface area contributed by atoms with Crippen molar-refractivity contribution in [2.75, 3.05) is 14.2 Å². The monoisotopic (exact) mass is 300 g/mol. The van der Waals surface area contributed by atoms with E-state index in [9.17, 15) is 9.59 Å². The minimum absolute atomic E-state index is 0.0952. The SMILES string of the molecule is C=CC1C=C(c2ccccc2)CC(C(=O)OC)(C(=O)OC)C1. The standard InChI is InChI=1S/C18H20O4/c1-4-13-10-15(14-8-6-5-7-9-14)12-18(11-13,16(19)21-2)17(20)22-3/h4-10,13H,1,11-12H2,2-3H3. The van der Waals surface area contributed by atoms with E-state index >= 15 is 0 Å². The molecule has 0 fully saturated rings. The van der Waals surface area contributed by atoms with Gasteiger partial charge in [-0.1, -0.05) is 42.5 Å². The Morgan fingerprint density at radius 1 is 1.18 bits per heavy atom. The second-order valence-electron chi connectivity index (χ2n) is 5.40. The zero-order chi connectivity index (χ0) is 16.2. The molecule has 0 N–H and O–H groups in total. The van der Waals surface area contributed by atoms with Gasteiger partial charge in [-0.15, -0.1) is 6.58 Å². The van der Waals surface area contributed by atoms with Crippen LogP contribution in [0.4, 0.5) is 0 Å². The van der Waals surface area contributed by atoms with Crippen molar-refractivity contribution in [1.29, 1.82) is 0 Å². The van der Waals surface area contributed by atoms with Gasteiger partial charge < -0.3 is 9.47 Å². The minimum Gasteiger partial charge on any atom is -0.468 e. The van der Waals surface area contributed by atoms with E-state index in [4.69, 9.17) is 9.47 Å². The molecule has 1 aromatic carbocycles. The van der Waals surface area contributed by atoms with Crippen LogP contribution >= 0.6 is 0 Å². The number of benzene rings is 1. The lowest BCUT2D eigenvalue weighted by Gasteiger charge is -2.35. The van der Waals surface area contributed by atoms with Crippen molar-refractivity contribution < 1.29 is 19.1 Å². The molecule has 116 valence electrons. The predicted octanol–water partition coefficient (Wildman–Crippen LogP) is 3.00. The molecular weight excluding hydrogens is 280 g/mol. The zero-order valence-corrected chi connectivity index (χ0v) is 12.9. The van der Waals surface area contributed by atoms with E-state index in [1.807, 2.05) is 36.4 Å². The van der Waals surface area contributed by atoms with Gasteiger partial charge in [-0.25, -0.2) is 0 Å². The van der Waals surface area contributed by atoms with Gasteiger partial charge >= 0.3 is 11.9 Å². The second kappa shape index (κ2) is 6.60. The molecule has 1 atom stereocenters. The summed E-state index contributed by atoms with van der Waals surface area (Å²) in [7, 11) is 2.58. The number of rotatable bonds is 4. The molecular formula is C18H20O4. The summed E-state index contributed by atoms with van der Waals surface area (Å²) in [6, 6.07) is 9.68. The Bertz CT molecular complexity index is 585. The highest BCUT2D eigenvalue weighted by Gasteiger charge is 2.51. The number of hydrogen-bond donors (Lipinski definition) is 0. The summed E-state index contributed by atoms with van der Waals surface area (Å²) < 4.78 is 9.78. The number of methoxy groups -OCH3 is 2. The second-order valence-corrected chi connectivity index (χ2v) is 5.40. The Morgan fingerprint density at radius 2 is 1.77 bits per heavy atom. The van der Waals surface area contributed by atoms with Crippen LogP contribution in [-0.2, 0) is 19.1 Å². The molecule has 4 heteroatoms. The maximum atomic E-state index is 12.3. The first-order valence-electron chi connectivity index (χ1n) is 7.13. The van der Waals surface area contributed by atoms with E-state index < -0.39 is 17.4 Å². The first kappa shape index (κ1) is 16.0. The molecule has 1 unspecified atom stereocenters. The Hall–Kier alpha value is -2.36. The van der Waals surface area contributed by atoms with E-state index in [-0.39, 0.29) is 12.3 Å². The highest BCUT2D eigenvalue weighted by molar-refractivity contribution is 6.02. The van der Waals surface area contributed by atoms with Gasteiger partial charge in [-0.05, 0) is 29.9 Å². The van der Waals surface area contributed by atoms with Gasteiger partial charge in [0.15, 0.2) is 5.41 Å². The Morgan fingerprint density at radius 3 is 2.27 bits per heavy atom. The van der Waals surface area contributed by atoms with Crippen molar-refractivity contribution in [3.8, 4) is 0 Å². The van der Waals surface area contributed by atoms with Gasteiger partial charge in [0.25, 0.3) is 0 Å². The molecule has 2 rings (SSSR count). The van der Waals surface area contributed by atoms with Crippen LogP contribution < -0.4 is 0 Å². The van der Waals surface area contributed by atoms with Crippen LogP contribution in [-0.4, -0.2) is 26.2 Å². The smallest absolute Gasteiger partial charge is 0.323 e. The average molecular weight is 300 g/mol. The molecule has 0 saturated carbocycles. The predicted molar refractivity (Wildman–Crippen MR) is 83.8 cm³/mol. The fourth-order valence-corrected chi connectivity index (χ4v) is 2.96. The molecule has 22 heavy (non-hydrogen) atoms. The molecule has 0 spiro atoms. The third-order valence-corrected chi connectivity index (χ3v) is 4.09.